The Morgan fingerprint density at radius 3 is 2.68 bits per heavy atom. The molecule has 0 spiro atoms. The van der Waals surface area contributed by atoms with E-state index in [0.717, 1.165) is 17.7 Å². The summed E-state index contributed by atoms with van der Waals surface area (Å²) in [7, 11) is 1.58. The molecule has 0 bridgehead atoms. The average molecular weight is 344 g/mol. The van der Waals surface area contributed by atoms with Crippen LogP contribution >= 0.6 is 0 Å². The first-order valence-corrected chi connectivity index (χ1v) is 8.20. The number of hydrogen-bond donors (Lipinski definition) is 3. The number of aryl methyl sites for hydroxylation is 1. The van der Waals surface area contributed by atoms with E-state index < -0.39 is 6.10 Å². The maximum atomic E-state index is 12.0. The van der Waals surface area contributed by atoms with Gasteiger partial charge in [0.1, 0.15) is 24.2 Å². The first kappa shape index (κ1) is 18.6. The van der Waals surface area contributed by atoms with Gasteiger partial charge in [0.2, 0.25) is 0 Å². The predicted molar refractivity (Wildman–Crippen MR) is 97.3 cm³/mol. The minimum atomic E-state index is -0.821. The SMILES string of the molecule is CCc1ccccc1NC(=O)NCC(O)COc1cccc(OC)c1. The van der Waals surface area contributed by atoms with Crippen molar-refractivity contribution >= 4 is 11.7 Å². The molecule has 134 valence electrons. The Morgan fingerprint density at radius 1 is 1.16 bits per heavy atom. The van der Waals surface area contributed by atoms with Gasteiger partial charge in [-0.2, -0.15) is 0 Å². The van der Waals surface area contributed by atoms with E-state index in [9.17, 15) is 9.90 Å². The molecule has 1 atom stereocenters. The fourth-order valence-electron chi connectivity index (χ4n) is 2.27. The molecule has 2 aromatic carbocycles. The number of amides is 2. The van der Waals surface area contributed by atoms with E-state index in [2.05, 4.69) is 10.6 Å². The van der Waals surface area contributed by atoms with Crippen molar-refractivity contribution in [3.8, 4) is 11.5 Å². The molecule has 2 amide bonds. The topological polar surface area (TPSA) is 79.8 Å². The summed E-state index contributed by atoms with van der Waals surface area (Å²) in [6.07, 6.45) is 0.00589. The molecule has 0 fully saturated rings. The number of benzene rings is 2. The Labute approximate surface area is 147 Å². The van der Waals surface area contributed by atoms with E-state index in [1.54, 1.807) is 25.3 Å². The zero-order chi connectivity index (χ0) is 18.1. The molecule has 0 saturated heterocycles. The fraction of sp³-hybridized carbons (Fsp3) is 0.316. The Morgan fingerprint density at radius 2 is 1.92 bits per heavy atom. The molecule has 6 nitrogen and oxygen atoms in total. The molecule has 0 aromatic heterocycles. The molecule has 1 unspecified atom stereocenters. The number of ether oxygens (including phenoxy) is 2. The summed E-state index contributed by atoms with van der Waals surface area (Å²) in [4.78, 5) is 12.0. The minimum Gasteiger partial charge on any atom is -0.497 e. The van der Waals surface area contributed by atoms with Gasteiger partial charge in [0, 0.05) is 18.3 Å². The van der Waals surface area contributed by atoms with Crippen LogP contribution in [0, 0.1) is 0 Å². The summed E-state index contributed by atoms with van der Waals surface area (Å²) >= 11 is 0. The highest BCUT2D eigenvalue weighted by atomic mass is 16.5. The molecule has 0 heterocycles. The van der Waals surface area contributed by atoms with Crippen molar-refractivity contribution in [3.63, 3.8) is 0 Å². The van der Waals surface area contributed by atoms with Crippen molar-refractivity contribution in [2.45, 2.75) is 19.4 Å². The first-order valence-electron chi connectivity index (χ1n) is 8.20. The second kappa shape index (κ2) is 9.54. The van der Waals surface area contributed by atoms with Gasteiger partial charge in [-0.1, -0.05) is 31.2 Å². The minimum absolute atomic E-state index is 0.0684. The van der Waals surface area contributed by atoms with Crippen LogP contribution in [0.4, 0.5) is 10.5 Å². The molecule has 0 aliphatic rings. The lowest BCUT2D eigenvalue weighted by Crippen LogP contribution is -2.37. The fourth-order valence-corrected chi connectivity index (χ4v) is 2.27. The molecule has 0 aliphatic heterocycles. The average Bonchev–Trinajstić information content (AvgIpc) is 2.65. The quantitative estimate of drug-likeness (QED) is 0.688. The van der Waals surface area contributed by atoms with E-state index >= 15 is 0 Å². The van der Waals surface area contributed by atoms with Crippen molar-refractivity contribution in [2.75, 3.05) is 25.6 Å². The highest BCUT2D eigenvalue weighted by Crippen LogP contribution is 2.19. The van der Waals surface area contributed by atoms with Gasteiger partial charge in [-0.05, 0) is 30.2 Å². The van der Waals surface area contributed by atoms with Crippen molar-refractivity contribution < 1.29 is 19.4 Å². The molecule has 6 heteroatoms. The van der Waals surface area contributed by atoms with Crippen molar-refractivity contribution in [1.29, 1.82) is 0 Å². The number of carbonyl (C=O) groups excluding carboxylic acids is 1. The Hall–Kier alpha value is -2.73. The van der Waals surface area contributed by atoms with Gasteiger partial charge in [-0.15, -0.1) is 0 Å². The molecule has 0 aliphatic carbocycles. The van der Waals surface area contributed by atoms with Gasteiger partial charge in [0.05, 0.1) is 7.11 Å². The van der Waals surface area contributed by atoms with Crippen LogP contribution in [0.15, 0.2) is 48.5 Å². The number of carbonyl (C=O) groups is 1. The Kier molecular flexibility index (Phi) is 7.10. The summed E-state index contributed by atoms with van der Waals surface area (Å²) < 4.78 is 10.6. The molecule has 0 radical (unpaired) electrons. The van der Waals surface area contributed by atoms with Crippen LogP contribution in [0.3, 0.4) is 0 Å². The smallest absolute Gasteiger partial charge is 0.319 e. The zero-order valence-corrected chi connectivity index (χ0v) is 14.5. The van der Waals surface area contributed by atoms with Crippen LogP contribution in [0.2, 0.25) is 0 Å². The number of nitrogens with one attached hydrogen (secondary N) is 2. The lowest BCUT2D eigenvalue weighted by molar-refractivity contribution is 0.108. The number of hydrogen-bond acceptors (Lipinski definition) is 4. The van der Waals surface area contributed by atoms with Crippen molar-refractivity contribution in [2.24, 2.45) is 0 Å². The third-order valence-corrected chi connectivity index (χ3v) is 3.63. The zero-order valence-electron chi connectivity index (χ0n) is 14.5. The number of aliphatic hydroxyl groups excluding tert-OH is 1. The van der Waals surface area contributed by atoms with E-state index in [0.29, 0.717) is 11.5 Å². The third-order valence-electron chi connectivity index (χ3n) is 3.63. The number of para-hydroxylation sites is 1. The second-order valence-corrected chi connectivity index (χ2v) is 5.49. The van der Waals surface area contributed by atoms with Crippen LogP contribution in [0.25, 0.3) is 0 Å². The van der Waals surface area contributed by atoms with Crippen LogP contribution in [-0.2, 0) is 6.42 Å². The summed E-state index contributed by atoms with van der Waals surface area (Å²) in [5.74, 6) is 1.28. The van der Waals surface area contributed by atoms with Crippen LogP contribution in [-0.4, -0.2) is 37.5 Å². The van der Waals surface area contributed by atoms with Crippen LogP contribution in [0.5, 0.6) is 11.5 Å². The standard InChI is InChI=1S/C19H24N2O4/c1-3-14-7-4-5-10-18(14)21-19(23)20-12-15(22)13-25-17-9-6-8-16(11-17)24-2/h4-11,15,22H,3,12-13H2,1-2H3,(H2,20,21,23). The van der Waals surface area contributed by atoms with E-state index in [4.69, 9.17) is 9.47 Å². The summed E-state index contributed by atoms with van der Waals surface area (Å²) in [6, 6.07) is 14.4. The Balaban J connectivity index is 1.75. The first-order chi connectivity index (χ1) is 12.1. The largest absolute Gasteiger partial charge is 0.497 e. The second-order valence-electron chi connectivity index (χ2n) is 5.49. The van der Waals surface area contributed by atoms with Gasteiger partial charge in [-0.3, -0.25) is 0 Å². The number of rotatable bonds is 8. The van der Waals surface area contributed by atoms with Gasteiger partial charge in [0.15, 0.2) is 0 Å². The van der Waals surface area contributed by atoms with Gasteiger partial charge < -0.3 is 25.2 Å². The lowest BCUT2D eigenvalue weighted by atomic mass is 10.1. The molecule has 2 rings (SSSR count). The normalized spacial score (nSPS) is 11.5. The van der Waals surface area contributed by atoms with Gasteiger partial charge in [0.25, 0.3) is 0 Å². The summed E-state index contributed by atoms with van der Waals surface area (Å²) in [6.45, 7) is 2.18. The van der Waals surface area contributed by atoms with E-state index in [1.807, 2.05) is 37.3 Å². The molecular weight excluding hydrogens is 320 g/mol. The summed E-state index contributed by atoms with van der Waals surface area (Å²) in [5.41, 5.74) is 1.82. The van der Waals surface area contributed by atoms with Crippen molar-refractivity contribution in [1.82, 2.24) is 5.32 Å². The Bertz CT molecular complexity index is 691. The number of urea groups is 1. The lowest BCUT2D eigenvalue weighted by Gasteiger charge is -2.15. The predicted octanol–water partition coefficient (Wildman–Crippen LogP) is 2.82. The van der Waals surface area contributed by atoms with Crippen LogP contribution in [0.1, 0.15) is 12.5 Å². The highest BCUT2D eigenvalue weighted by Gasteiger charge is 2.09. The third kappa shape index (κ3) is 6.00. The summed E-state index contributed by atoms with van der Waals surface area (Å²) in [5, 5.41) is 15.4. The molecule has 0 saturated carbocycles. The number of aliphatic hydroxyl groups is 1. The number of anilines is 1. The molecular formula is C19H24N2O4. The molecule has 25 heavy (non-hydrogen) atoms. The van der Waals surface area contributed by atoms with Gasteiger partial charge in [-0.25, -0.2) is 4.79 Å². The maximum Gasteiger partial charge on any atom is 0.319 e. The number of methoxy groups -OCH3 is 1. The van der Waals surface area contributed by atoms with E-state index in [1.165, 1.54) is 0 Å². The molecule has 2 aromatic rings. The van der Waals surface area contributed by atoms with Gasteiger partial charge >= 0.3 is 6.03 Å². The van der Waals surface area contributed by atoms with Crippen LogP contribution < -0.4 is 20.1 Å². The monoisotopic (exact) mass is 344 g/mol. The van der Waals surface area contributed by atoms with Crippen molar-refractivity contribution in [3.05, 3.63) is 54.1 Å². The van der Waals surface area contributed by atoms with E-state index in [-0.39, 0.29) is 19.2 Å². The molecule has 3 N–H and O–H groups in total. The highest BCUT2D eigenvalue weighted by molar-refractivity contribution is 5.90. The maximum absolute atomic E-state index is 12.0.